The van der Waals surface area contributed by atoms with Crippen LogP contribution in [0.15, 0.2) is 17.2 Å². The molecule has 0 aliphatic carbocycles. The van der Waals surface area contributed by atoms with Gasteiger partial charge >= 0.3 is 5.69 Å². The summed E-state index contributed by atoms with van der Waals surface area (Å²) in [6.07, 6.45) is 7.01. The van der Waals surface area contributed by atoms with Gasteiger partial charge in [-0.3, -0.25) is 9.13 Å². The van der Waals surface area contributed by atoms with Crippen LogP contribution < -0.4 is 5.69 Å². The SMILES string of the molecule is CCCn1ccn(CC2CCC(C)(C)O2)c1=O. The van der Waals surface area contributed by atoms with Gasteiger partial charge in [0, 0.05) is 18.9 Å². The topological polar surface area (TPSA) is 36.2 Å². The first-order valence-electron chi connectivity index (χ1n) is 6.45. The van der Waals surface area contributed by atoms with E-state index < -0.39 is 0 Å². The zero-order valence-electron chi connectivity index (χ0n) is 11.0. The molecule has 17 heavy (non-hydrogen) atoms. The second-order valence-electron chi connectivity index (χ2n) is 5.46. The smallest absolute Gasteiger partial charge is 0.328 e. The van der Waals surface area contributed by atoms with E-state index in [2.05, 4.69) is 20.8 Å². The van der Waals surface area contributed by atoms with Crippen molar-refractivity contribution >= 4 is 0 Å². The molecular weight excluding hydrogens is 216 g/mol. The zero-order chi connectivity index (χ0) is 12.5. The van der Waals surface area contributed by atoms with E-state index in [-0.39, 0.29) is 17.4 Å². The summed E-state index contributed by atoms with van der Waals surface area (Å²) in [4.78, 5) is 12.0. The van der Waals surface area contributed by atoms with Gasteiger partial charge in [-0.05, 0) is 33.1 Å². The molecule has 1 aliphatic rings. The first-order chi connectivity index (χ1) is 8.02. The molecule has 4 nitrogen and oxygen atoms in total. The third kappa shape index (κ3) is 2.80. The van der Waals surface area contributed by atoms with Gasteiger partial charge in [-0.15, -0.1) is 0 Å². The Morgan fingerprint density at radius 1 is 1.41 bits per heavy atom. The zero-order valence-corrected chi connectivity index (χ0v) is 11.0. The van der Waals surface area contributed by atoms with Crippen LogP contribution in [0.2, 0.25) is 0 Å². The van der Waals surface area contributed by atoms with Gasteiger partial charge in [-0.2, -0.15) is 0 Å². The van der Waals surface area contributed by atoms with Gasteiger partial charge < -0.3 is 4.74 Å². The first-order valence-corrected chi connectivity index (χ1v) is 6.45. The minimum Gasteiger partial charge on any atom is -0.370 e. The Morgan fingerprint density at radius 2 is 2.12 bits per heavy atom. The summed E-state index contributed by atoms with van der Waals surface area (Å²) in [7, 11) is 0. The Hall–Kier alpha value is -1.03. The highest BCUT2D eigenvalue weighted by atomic mass is 16.5. The van der Waals surface area contributed by atoms with Crippen molar-refractivity contribution in [3.05, 3.63) is 22.9 Å². The Kier molecular flexibility index (Phi) is 3.43. The number of aromatic nitrogens is 2. The van der Waals surface area contributed by atoms with Crippen LogP contribution in [-0.4, -0.2) is 20.8 Å². The summed E-state index contributed by atoms with van der Waals surface area (Å²) in [5.41, 5.74) is 0.0560. The molecule has 0 N–H and O–H groups in total. The van der Waals surface area contributed by atoms with E-state index in [0.29, 0.717) is 6.54 Å². The lowest BCUT2D eigenvalue weighted by atomic mass is 10.1. The predicted molar refractivity (Wildman–Crippen MR) is 67.2 cm³/mol. The summed E-state index contributed by atoms with van der Waals surface area (Å²) in [6, 6.07) is 0. The maximum absolute atomic E-state index is 12.0. The lowest BCUT2D eigenvalue weighted by Crippen LogP contribution is -2.29. The highest BCUT2D eigenvalue weighted by molar-refractivity contribution is 4.86. The third-order valence-electron chi connectivity index (χ3n) is 3.34. The Labute approximate surface area is 102 Å². The molecule has 1 aromatic heterocycles. The molecule has 1 aliphatic heterocycles. The van der Waals surface area contributed by atoms with Crippen molar-refractivity contribution in [1.82, 2.24) is 9.13 Å². The number of aryl methyl sites for hydroxylation is 1. The molecule has 1 fully saturated rings. The average Bonchev–Trinajstić information content (AvgIpc) is 2.76. The predicted octanol–water partition coefficient (Wildman–Crippen LogP) is 2.02. The minimum absolute atomic E-state index is 0.0275. The Bertz CT molecular complexity index is 431. The van der Waals surface area contributed by atoms with E-state index >= 15 is 0 Å². The van der Waals surface area contributed by atoms with E-state index in [0.717, 1.165) is 25.8 Å². The fraction of sp³-hybridized carbons (Fsp3) is 0.769. The van der Waals surface area contributed by atoms with Gasteiger partial charge in [0.1, 0.15) is 0 Å². The van der Waals surface area contributed by atoms with Gasteiger partial charge in [-0.1, -0.05) is 6.92 Å². The normalized spacial score (nSPS) is 23.1. The highest BCUT2D eigenvalue weighted by Crippen LogP contribution is 2.29. The van der Waals surface area contributed by atoms with Crippen LogP contribution in [0.5, 0.6) is 0 Å². The van der Waals surface area contributed by atoms with Gasteiger partial charge in [-0.25, -0.2) is 4.79 Å². The molecule has 0 saturated carbocycles. The third-order valence-corrected chi connectivity index (χ3v) is 3.34. The van der Waals surface area contributed by atoms with Crippen LogP contribution >= 0.6 is 0 Å². The van der Waals surface area contributed by atoms with Crippen LogP contribution in [-0.2, 0) is 17.8 Å². The number of imidazole rings is 1. The van der Waals surface area contributed by atoms with Gasteiger partial charge in [0.25, 0.3) is 0 Å². The molecule has 1 aromatic rings. The average molecular weight is 238 g/mol. The lowest BCUT2D eigenvalue weighted by Gasteiger charge is -2.19. The summed E-state index contributed by atoms with van der Waals surface area (Å²) in [6.45, 7) is 7.77. The molecule has 0 amide bonds. The van der Waals surface area contributed by atoms with Gasteiger partial charge in [0.15, 0.2) is 0 Å². The van der Waals surface area contributed by atoms with E-state index in [1.54, 1.807) is 9.13 Å². The van der Waals surface area contributed by atoms with Gasteiger partial charge in [0.05, 0.1) is 18.2 Å². The molecule has 1 unspecified atom stereocenters. The highest BCUT2D eigenvalue weighted by Gasteiger charge is 2.31. The summed E-state index contributed by atoms with van der Waals surface area (Å²) in [5, 5.41) is 0. The summed E-state index contributed by atoms with van der Waals surface area (Å²) < 4.78 is 9.44. The van der Waals surface area contributed by atoms with E-state index in [4.69, 9.17) is 4.74 Å². The quantitative estimate of drug-likeness (QED) is 0.804. The number of ether oxygens (including phenoxy) is 1. The molecular formula is C13H22N2O2. The Balaban J connectivity index is 2.02. The fourth-order valence-corrected chi connectivity index (χ4v) is 2.43. The standard InChI is InChI=1S/C13H22N2O2/c1-4-7-14-8-9-15(12(14)16)10-11-5-6-13(2,3)17-11/h8-9,11H,4-7,10H2,1-3H3. The second kappa shape index (κ2) is 4.69. The summed E-state index contributed by atoms with van der Waals surface area (Å²) in [5.74, 6) is 0. The van der Waals surface area contributed by atoms with Gasteiger partial charge in [0.2, 0.25) is 0 Å². The molecule has 1 atom stereocenters. The van der Waals surface area contributed by atoms with Crippen molar-refractivity contribution in [1.29, 1.82) is 0 Å². The van der Waals surface area contributed by atoms with Crippen LogP contribution in [0.25, 0.3) is 0 Å². The molecule has 96 valence electrons. The fourth-order valence-electron chi connectivity index (χ4n) is 2.43. The molecule has 2 heterocycles. The van der Waals surface area contributed by atoms with Crippen molar-refractivity contribution in [2.45, 2.75) is 64.8 Å². The molecule has 4 heteroatoms. The van der Waals surface area contributed by atoms with Crippen molar-refractivity contribution < 1.29 is 4.74 Å². The minimum atomic E-state index is -0.0275. The molecule has 2 rings (SSSR count). The molecule has 0 aromatic carbocycles. The molecule has 0 spiro atoms. The number of rotatable bonds is 4. The maximum atomic E-state index is 12.0. The largest absolute Gasteiger partial charge is 0.370 e. The van der Waals surface area contributed by atoms with E-state index in [1.807, 2.05) is 12.4 Å². The maximum Gasteiger partial charge on any atom is 0.328 e. The number of hydrogen-bond acceptors (Lipinski definition) is 2. The molecule has 1 saturated heterocycles. The monoisotopic (exact) mass is 238 g/mol. The first kappa shape index (κ1) is 12.4. The van der Waals surface area contributed by atoms with Crippen LogP contribution in [0, 0.1) is 0 Å². The molecule has 0 radical (unpaired) electrons. The van der Waals surface area contributed by atoms with Crippen molar-refractivity contribution in [2.24, 2.45) is 0 Å². The van der Waals surface area contributed by atoms with Crippen LogP contribution in [0.3, 0.4) is 0 Å². The van der Waals surface area contributed by atoms with E-state index in [9.17, 15) is 4.79 Å². The van der Waals surface area contributed by atoms with Crippen LogP contribution in [0.4, 0.5) is 0 Å². The van der Waals surface area contributed by atoms with Crippen molar-refractivity contribution in [2.75, 3.05) is 0 Å². The van der Waals surface area contributed by atoms with E-state index in [1.165, 1.54) is 0 Å². The van der Waals surface area contributed by atoms with Crippen LogP contribution in [0.1, 0.15) is 40.0 Å². The Morgan fingerprint density at radius 3 is 2.71 bits per heavy atom. The second-order valence-corrected chi connectivity index (χ2v) is 5.46. The number of hydrogen-bond donors (Lipinski definition) is 0. The summed E-state index contributed by atoms with van der Waals surface area (Å²) >= 11 is 0. The van der Waals surface area contributed by atoms with Crippen molar-refractivity contribution in [3.63, 3.8) is 0 Å². The molecule has 0 bridgehead atoms. The van der Waals surface area contributed by atoms with Crippen molar-refractivity contribution in [3.8, 4) is 0 Å². The lowest BCUT2D eigenvalue weighted by molar-refractivity contribution is -0.0220. The number of nitrogens with zero attached hydrogens (tertiary/aromatic N) is 2.